The largest absolute Gasteiger partial charge is 0.324 e. The zero-order valence-electron chi connectivity index (χ0n) is 12.7. The second-order valence-electron chi connectivity index (χ2n) is 5.06. The van der Waals surface area contributed by atoms with E-state index in [1.165, 1.54) is 11.3 Å². The maximum absolute atomic E-state index is 12.6. The molecule has 0 bridgehead atoms. The molecule has 6 nitrogen and oxygen atoms in total. The first-order valence-corrected chi connectivity index (χ1v) is 8.40. The molecule has 0 aliphatic heterocycles. The lowest BCUT2D eigenvalue weighted by Crippen LogP contribution is -2.24. The SMILES string of the molecule is C[C@H](C(=O)Nc1cccc(C#N)c1)n1c(-c2cccs2)n[nH]c1=S. The molecule has 0 aliphatic rings. The highest BCUT2D eigenvalue weighted by Crippen LogP contribution is 2.26. The minimum Gasteiger partial charge on any atom is -0.324 e. The van der Waals surface area contributed by atoms with Gasteiger partial charge in [-0.3, -0.25) is 14.5 Å². The van der Waals surface area contributed by atoms with Gasteiger partial charge in [0, 0.05) is 5.69 Å². The summed E-state index contributed by atoms with van der Waals surface area (Å²) in [6.45, 7) is 1.76. The Morgan fingerprint density at radius 3 is 3.00 bits per heavy atom. The van der Waals surface area contributed by atoms with Crippen LogP contribution in [0, 0.1) is 16.1 Å². The predicted molar refractivity (Wildman–Crippen MR) is 95.2 cm³/mol. The lowest BCUT2D eigenvalue weighted by Gasteiger charge is -2.15. The van der Waals surface area contributed by atoms with E-state index in [-0.39, 0.29) is 5.91 Å². The van der Waals surface area contributed by atoms with Crippen molar-refractivity contribution in [2.45, 2.75) is 13.0 Å². The summed E-state index contributed by atoms with van der Waals surface area (Å²) in [5, 5.41) is 20.7. The lowest BCUT2D eigenvalue weighted by atomic mass is 10.2. The average Bonchev–Trinajstić information content (AvgIpc) is 3.23. The van der Waals surface area contributed by atoms with Crippen molar-refractivity contribution in [3.05, 3.63) is 52.1 Å². The topological polar surface area (TPSA) is 86.5 Å². The van der Waals surface area contributed by atoms with E-state index in [0.717, 1.165) is 4.88 Å². The zero-order valence-corrected chi connectivity index (χ0v) is 14.3. The number of anilines is 1. The second-order valence-corrected chi connectivity index (χ2v) is 6.39. The molecule has 0 spiro atoms. The summed E-state index contributed by atoms with van der Waals surface area (Å²) in [5.41, 5.74) is 1.05. The van der Waals surface area contributed by atoms with Crippen molar-refractivity contribution in [2.75, 3.05) is 5.32 Å². The van der Waals surface area contributed by atoms with Crippen LogP contribution >= 0.6 is 23.6 Å². The van der Waals surface area contributed by atoms with Gasteiger partial charge in [-0.1, -0.05) is 12.1 Å². The van der Waals surface area contributed by atoms with Gasteiger partial charge in [0.25, 0.3) is 0 Å². The highest BCUT2D eigenvalue weighted by atomic mass is 32.1. The number of carbonyl (C=O) groups excluding carboxylic acids is 1. The fourth-order valence-corrected chi connectivity index (χ4v) is 3.27. The first-order chi connectivity index (χ1) is 11.6. The maximum Gasteiger partial charge on any atom is 0.247 e. The Hall–Kier alpha value is -2.76. The Morgan fingerprint density at radius 1 is 1.46 bits per heavy atom. The van der Waals surface area contributed by atoms with Gasteiger partial charge in [0.05, 0.1) is 16.5 Å². The van der Waals surface area contributed by atoms with Crippen molar-refractivity contribution in [2.24, 2.45) is 0 Å². The molecule has 0 saturated carbocycles. The number of thiophene rings is 1. The molecule has 0 radical (unpaired) electrons. The summed E-state index contributed by atoms with van der Waals surface area (Å²) in [6.07, 6.45) is 0. The molecule has 2 N–H and O–H groups in total. The van der Waals surface area contributed by atoms with Crippen molar-refractivity contribution < 1.29 is 4.79 Å². The van der Waals surface area contributed by atoms with E-state index >= 15 is 0 Å². The molecule has 120 valence electrons. The van der Waals surface area contributed by atoms with Crippen molar-refractivity contribution in [3.8, 4) is 16.8 Å². The summed E-state index contributed by atoms with van der Waals surface area (Å²) in [6, 6.07) is 12.1. The fourth-order valence-electron chi connectivity index (χ4n) is 2.27. The Labute approximate surface area is 147 Å². The molecule has 2 heterocycles. The summed E-state index contributed by atoms with van der Waals surface area (Å²) >= 11 is 6.80. The number of benzene rings is 1. The van der Waals surface area contributed by atoms with Crippen LogP contribution in [0.3, 0.4) is 0 Å². The van der Waals surface area contributed by atoms with Gasteiger partial charge in [0.2, 0.25) is 5.91 Å². The highest BCUT2D eigenvalue weighted by Gasteiger charge is 2.21. The Balaban J connectivity index is 1.88. The van der Waals surface area contributed by atoms with Gasteiger partial charge < -0.3 is 5.32 Å². The highest BCUT2D eigenvalue weighted by molar-refractivity contribution is 7.71. The minimum absolute atomic E-state index is 0.236. The third kappa shape index (κ3) is 3.13. The number of nitrogens with zero attached hydrogens (tertiary/aromatic N) is 3. The summed E-state index contributed by atoms with van der Waals surface area (Å²) in [5.74, 6) is 0.392. The van der Waals surface area contributed by atoms with Gasteiger partial charge in [-0.05, 0) is 48.8 Å². The van der Waals surface area contributed by atoms with E-state index in [9.17, 15) is 4.79 Å². The van der Waals surface area contributed by atoms with Crippen LogP contribution in [0.1, 0.15) is 18.5 Å². The quantitative estimate of drug-likeness (QED) is 0.698. The number of aromatic amines is 1. The smallest absolute Gasteiger partial charge is 0.247 e. The molecule has 24 heavy (non-hydrogen) atoms. The molecule has 2 aromatic heterocycles. The first-order valence-electron chi connectivity index (χ1n) is 7.12. The van der Waals surface area contributed by atoms with Gasteiger partial charge in [0.15, 0.2) is 10.6 Å². The van der Waals surface area contributed by atoms with Crippen LogP contribution in [-0.2, 0) is 4.79 Å². The minimum atomic E-state index is -0.556. The molecule has 1 aromatic carbocycles. The summed E-state index contributed by atoms with van der Waals surface area (Å²) in [7, 11) is 0. The van der Waals surface area contributed by atoms with Crippen molar-refractivity contribution in [1.82, 2.24) is 14.8 Å². The predicted octanol–water partition coefficient (Wildman–Crippen LogP) is 3.74. The van der Waals surface area contributed by atoms with Gasteiger partial charge in [0.1, 0.15) is 6.04 Å². The number of nitriles is 1. The Bertz CT molecular complexity index is 965. The van der Waals surface area contributed by atoms with Crippen LogP contribution in [0.4, 0.5) is 5.69 Å². The van der Waals surface area contributed by atoms with Crippen molar-refractivity contribution in [1.29, 1.82) is 5.26 Å². The second kappa shape index (κ2) is 6.78. The molecule has 1 atom stereocenters. The Kier molecular flexibility index (Phi) is 4.55. The number of rotatable bonds is 4. The molecule has 8 heteroatoms. The van der Waals surface area contributed by atoms with Crippen LogP contribution in [0.25, 0.3) is 10.7 Å². The van der Waals surface area contributed by atoms with E-state index in [1.54, 1.807) is 35.8 Å². The van der Waals surface area contributed by atoms with E-state index in [1.807, 2.05) is 23.6 Å². The number of hydrogen-bond donors (Lipinski definition) is 2. The van der Waals surface area contributed by atoms with Gasteiger partial charge in [-0.15, -0.1) is 11.3 Å². The number of aromatic nitrogens is 3. The van der Waals surface area contributed by atoms with Crippen molar-refractivity contribution >= 4 is 35.1 Å². The van der Waals surface area contributed by atoms with E-state index in [0.29, 0.717) is 21.8 Å². The number of hydrogen-bond acceptors (Lipinski definition) is 5. The molecule has 0 saturated heterocycles. The summed E-state index contributed by atoms with van der Waals surface area (Å²) in [4.78, 5) is 13.5. The normalized spacial score (nSPS) is 11.7. The summed E-state index contributed by atoms with van der Waals surface area (Å²) < 4.78 is 2.07. The number of carbonyl (C=O) groups is 1. The molecular formula is C16H13N5OS2. The van der Waals surface area contributed by atoms with Crippen LogP contribution in [-0.4, -0.2) is 20.7 Å². The molecule has 0 aliphatic carbocycles. The Morgan fingerprint density at radius 2 is 2.29 bits per heavy atom. The van der Waals surface area contributed by atoms with E-state index in [4.69, 9.17) is 17.5 Å². The molecule has 3 rings (SSSR count). The standard InChI is InChI=1S/C16H13N5OS2/c1-10(15(22)18-12-5-2-4-11(8-12)9-17)21-14(19-20-16(21)23)13-6-3-7-24-13/h2-8,10H,1H3,(H,18,22)(H,20,23)/t10-/m1/s1. The monoisotopic (exact) mass is 355 g/mol. The van der Waals surface area contributed by atoms with E-state index < -0.39 is 6.04 Å². The fraction of sp³-hybridized carbons (Fsp3) is 0.125. The van der Waals surface area contributed by atoms with Gasteiger partial charge in [-0.2, -0.15) is 10.4 Å². The molecular weight excluding hydrogens is 342 g/mol. The number of amides is 1. The van der Waals surface area contributed by atoms with Crippen LogP contribution in [0.2, 0.25) is 0 Å². The van der Waals surface area contributed by atoms with Crippen LogP contribution < -0.4 is 5.32 Å². The maximum atomic E-state index is 12.6. The molecule has 3 aromatic rings. The van der Waals surface area contributed by atoms with Crippen LogP contribution in [0.5, 0.6) is 0 Å². The number of nitrogens with one attached hydrogen (secondary N) is 2. The lowest BCUT2D eigenvalue weighted by molar-refractivity contribution is -0.118. The third-order valence-electron chi connectivity index (χ3n) is 3.47. The van der Waals surface area contributed by atoms with Crippen LogP contribution in [0.15, 0.2) is 41.8 Å². The van der Waals surface area contributed by atoms with E-state index in [2.05, 4.69) is 15.5 Å². The average molecular weight is 355 g/mol. The number of H-pyrrole nitrogens is 1. The third-order valence-corrected chi connectivity index (χ3v) is 4.63. The van der Waals surface area contributed by atoms with Crippen molar-refractivity contribution in [3.63, 3.8) is 0 Å². The van der Waals surface area contributed by atoms with Gasteiger partial charge >= 0.3 is 0 Å². The molecule has 0 fully saturated rings. The van der Waals surface area contributed by atoms with Gasteiger partial charge in [-0.25, -0.2) is 0 Å². The zero-order chi connectivity index (χ0) is 17.1. The molecule has 1 amide bonds. The first kappa shape index (κ1) is 16.1. The molecule has 0 unspecified atom stereocenters.